The molecule has 0 aromatic carbocycles. The number of oxime groups is 1. The topological polar surface area (TPSA) is 21.6 Å². The third-order valence-electron chi connectivity index (χ3n) is 0.0913. The third-order valence-corrected chi connectivity index (χ3v) is 0.274. The fourth-order valence-corrected chi connectivity index (χ4v) is 0. The average Bonchev–Trinajstić information content (AvgIpc) is 1.37. The minimum absolute atomic E-state index is 1.29. The molecule has 2 nitrogen and oxygen atoms in total. The quantitative estimate of drug-likeness (QED) is 0.226. The van der Waals surface area contributed by atoms with E-state index in [0.29, 0.717) is 0 Å². The molecule has 3 heteroatoms. The molecule has 0 fully saturated rings. The summed E-state index contributed by atoms with van der Waals surface area (Å²) in [7, 11) is 1.29. The molecular weight excluding hydrogens is 70.1 g/mol. The summed E-state index contributed by atoms with van der Waals surface area (Å²) in [6.45, 7) is 3.01. The second-order valence-corrected chi connectivity index (χ2v) is 0.516. The highest BCUT2D eigenvalue weighted by molar-refractivity contribution is 5.97. The first kappa shape index (κ1) is 3.69. The maximum absolute atomic E-state index is 4.08. The van der Waals surface area contributed by atoms with Crippen LogP contribution >= 0.6 is 0 Å². The van der Waals surface area contributed by atoms with E-state index >= 15 is 0 Å². The van der Waals surface area contributed by atoms with Crippen molar-refractivity contribution in [3.05, 3.63) is 0 Å². The lowest BCUT2D eigenvalue weighted by Gasteiger charge is -1.72. The van der Waals surface area contributed by atoms with E-state index in [1.165, 1.54) is 10.5 Å². The molecule has 0 saturated carbocycles. The van der Waals surface area contributed by atoms with Crippen molar-refractivity contribution in [2.75, 3.05) is 0 Å². The van der Waals surface area contributed by atoms with Crippen molar-refractivity contribution in [2.45, 2.75) is 0 Å². The van der Waals surface area contributed by atoms with E-state index in [1.807, 2.05) is 0 Å². The van der Waals surface area contributed by atoms with Crippen molar-refractivity contribution < 1.29 is 4.53 Å². The van der Waals surface area contributed by atoms with Crippen molar-refractivity contribution >= 4 is 17.2 Å². The molecule has 0 saturated heterocycles. The Labute approximate surface area is 28.0 Å². The molecule has 1 radical (unpaired) electrons. The Bertz CT molecular complexity index is 22.0. The average molecular weight is 74.1 g/mol. The Morgan fingerprint density at radius 3 is 2.25 bits per heavy atom. The van der Waals surface area contributed by atoms with E-state index < -0.39 is 0 Å². The van der Waals surface area contributed by atoms with Crippen LogP contribution in [0.5, 0.6) is 0 Å². The summed E-state index contributed by atoms with van der Waals surface area (Å²) >= 11 is 0. The van der Waals surface area contributed by atoms with Crippen LogP contribution in [-0.2, 0) is 4.53 Å². The van der Waals surface area contributed by atoms with Gasteiger partial charge in [-0.1, -0.05) is 0 Å². The van der Waals surface area contributed by atoms with E-state index in [2.05, 4.69) is 16.4 Å². The summed E-state index contributed by atoms with van der Waals surface area (Å²) in [5.74, 6) is 0. The Kier molecular flexibility index (Phi) is 2.48. The minimum Gasteiger partial charge on any atom is -0.463 e. The Morgan fingerprint density at radius 2 is 2.25 bits per heavy atom. The van der Waals surface area contributed by atoms with Crippen LogP contribution in [0.4, 0.5) is 0 Å². The molecule has 0 aromatic rings. The van der Waals surface area contributed by atoms with Crippen LogP contribution in [0.25, 0.3) is 0 Å². The minimum atomic E-state index is 1.29. The third kappa shape index (κ3) is 1.69. The van der Waals surface area contributed by atoms with Crippen LogP contribution in [0, 0.1) is 0 Å². The maximum atomic E-state index is 4.08. The lowest BCUT2D eigenvalue weighted by Crippen LogP contribution is -1.60. The zero-order valence-electron chi connectivity index (χ0n) is 2.27. The number of rotatable bonds is 1. The molecule has 0 amide bonds. The summed E-state index contributed by atoms with van der Waals surface area (Å²) in [6, 6.07) is 0. The van der Waals surface area contributed by atoms with Crippen LogP contribution in [0.2, 0.25) is 0 Å². The number of nitrogens with zero attached hydrogens (tertiary/aromatic N) is 1. The SMILES string of the molecule is C=NO[SiH2]. The molecule has 4 heavy (non-hydrogen) atoms. The molecule has 0 aliphatic carbocycles. The molecule has 0 aliphatic rings. The van der Waals surface area contributed by atoms with E-state index in [-0.39, 0.29) is 0 Å². The van der Waals surface area contributed by atoms with Gasteiger partial charge in [0.1, 0.15) is 0 Å². The van der Waals surface area contributed by atoms with Gasteiger partial charge in [-0.3, -0.25) is 0 Å². The second kappa shape index (κ2) is 2.69. The van der Waals surface area contributed by atoms with Gasteiger partial charge in [-0.2, -0.15) is 0 Å². The van der Waals surface area contributed by atoms with Gasteiger partial charge in [-0.05, 0) is 0 Å². The maximum Gasteiger partial charge on any atom is 0.284 e. The van der Waals surface area contributed by atoms with Gasteiger partial charge in [0.25, 0.3) is 10.5 Å². The summed E-state index contributed by atoms with van der Waals surface area (Å²) in [5.41, 5.74) is 0. The fourth-order valence-electron chi connectivity index (χ4n) is 0. The van der Waals surface area contributed by atoms with Crippen LogP contribution in [0.15, 0.2) is 5.16 Å². The van der Waals surface area contributed by atoms with Crippen molar-refractivity contribution in [3.8, 4) is 0 Å². The van der Waals surface area contributed by atoms with Crippen molar-refractivity contribution in [1.29, 1.82) is 0 Å². The van der Waals surface area contributed by atoms with Crippen molar-refractivity contribution in [1.82, 2.24) is 0 Å². The molecule has 0 heterocycles. The van der Waals surface area contributed by atoms with E-state index in [9.17, 15) is 0 Å². The van der Waals surface area contributed by atoms with Gasteiger partial charge in [0, 0.05) is 6.72 Å². The standard InChI is InChI=1S/CH4NOSi/c1-2-3-4/h1,4H2. The molecule has 0 aliphatic heterocycles. The monoisotopic (exact) mass is 74.0 g/mol. The molecule has 0 aromatic heterocycles. The Morgan fingerprint density at radius 1 is 2.00 bits per heavy atom. The van der Waals surface area contributed by atoms with Gasteiger partial charge in [-0.25, -0.2) is 0 Å². The first-order chi connectivity index (χ1) is 1.91. The smallest absolute Gasteiger partial charge is 0.284 e. The first-order valence-corrected chi connectivity index (χ1v) is 1.36. The van der Waals surface area contributed by atoms with Gasteiger partial charge in [0.15, 0.2) is 0 Å². The van der Waals surface area contributed by atoms with Gasteiger partial charge < -0.3 is 4.53 Å². The van der Waals surface area contributed by atoms with Gasteiger partial charge in [0.05, 0.1) is 0 Å². The molecule has 0 spiro atoms. The second-order valence-electron chi connectivity index (χ2n) is 0.258. The molecule has 0 unspecified atom stereocenters. The zero-order chi connectivity index (χ0) is 3.41. The molecule has 0 bridgehead atoms. The van der Waals surface area contributed by atoms with Gasteiger partial charge >= 0.3 is 0 Å². The molecule has 0 rings (SSSR count). The lowest BCUT2D eigenvalue weighted by molar-refractivity contribution is 0.383. The highest BCUT2D eigenvalue weighted by Gasteiger charge is 1.37. The predicted molar refractivity (Wildman–Crippen MR) is 19.2 cm³/mol. The summed E-state index contributed by atoms with van der Waals surface area (Å²) in [4.78, 5) is 0. The molecule has 0 atom stereocenters. The van der Waals surface area contributed by atoms with Gasteiger partial charge in [0.2, 0.25) is 0 Å². The van der Waals surface area contributed by atoms with E-state index in [0.717, 1.165) is 0 Å². The Balaban J connectivity index is 2.30. The summed E-state index contributed by atoms with van der Waals surface area (Å²) < 4.78 is 4.08. The van der Waals surface area contributed by atoms with Crippen LogP contribution in [0.3, 0.4) is 0 Å². The zero-order valence-corrected chi connectivity index (χ0v) is 3.68. The molecule has 23 valence electrons. The first-order valence-electron chi connectivity index (χ1n) is 0.787. The molecule has 0 N–H and O–H groups in total. The van der Waals surface area contributed by atoms with Crippen molar-refractivity contribution in [2.24, 2.45) is 5.16 Å². The summed E-state index contributed by atoms with van der Waals surface area (Å²) in [5, 5.41) is 3.00. The van der Waals surface area contributed by atoms with Crippen LogP contribution in [-0.4, -0.2) is 17.2 Å². The van der Waals surface area contributed by atoms with Crippen LogP contribution in [0.1, 0.15) is 0 Å². The normalized spacial score (nSPS) is 5.25. The largest absolute Gasteiger partial charge is 0.463 e. The van der Waals surface area contributed by atoms with Gasteiger partial charge in [-0.15, -0.1) is 5.16 Å². The van der Waals surface area contributed by atoms with Crippen LogP contribution < -0.4 is 0 Å². The van der Waals surface area contributed by atoms with E-state index in [4.69, 9.17) is 0 Å². The lowest BCUT2D eigenvalue weighted by atomic mass is 11.8. The highest BCUT2D eigenvalue weighted by Crippen LogP contribution is 1.47. The highest BCUT2D eigenvalue weighted by atomic mass is 28.2. The fraction of sp³-hybridized carbons (Fsp3) is 0. The predicted octanol–water partition coefficient (Wildman–Crippen LogP) is -0.833. The van der Waals surface area contributed by atoms with Crippen molar-refractivity contribution in [3.63, 3.8) is 0 Å². The number of hydrogen-bond donors (Lipinski definition) is 0. The Hall–Kier alpha value is -0.313. The van der Waals surface area contributed by atoms with E-state index in [1.54, 1.807) is 0 Å². The summed E-state index contributed by atoms with van der Waals surface area (Å²) in [6.07, 6.45) is 0. The molecular formula is CH4NOSi. The number of hydrogen-bond acceptors (Lipinski definition) is 2.